The predicted octanol–water partition coefficient (Wildman–Crippen LogP) is 0.740. The highest BCUT2D eigenvalue weighted by atomic mass is 16.5. The number of nitrogens with one attached hydrogen (secondary N) is 1. The van der Waals surface area contributed by atoms with Gasteiger partial charge in [0.2, 0.25) is 6.41 Å². The Morgan fingerprint density at radius 1 is 1.44 bits per heavy atom. The Morgan fingerprint density at radius 3 is 2.62 bits per heavy atom. The zero-order valence-corrected chi connectivity index (χ0v) is 8.39. The molecule has 2 N–H and O–H groups in total. The number of hydrogen-bond donors (Lipinski definition) is 2. The fourth-order valence-electron chi connectivity index (χ4n) is 1.15. The SMILES string of the molecule is COC(=O)c1ccc(C(=O)O)cc1NC=O. The lowest BCUT2D eigenvalue weighted by Gasteiger charge is -2.07. The first-order valence-corrected chi connectivity index (χ1v) is 4.26. The largest absolute Gasteiger partial charge is 0.478 e. The summed E-state index contributed by atoms with van der Waals surface area (Å²) in [4.78, 5) is 32.2. The number of anilines is 1. The van der Waals surface area contributed by atoms with Gasteiger partial charge in [0.05, 0.1) is 23.9 Å². The Bertz CT molecular complexity index is 441. The van der Waals surface area contributed by atoms with E-state index in [0.717, 1.165) is 0 Å². The van der Waals surface area contributed by atoms with E-state index in [-0.39, 0.29) is 16.8 Å². The van der Waals surface area contributed by atoms with Gasteiger partial charge in [-0.3, -0.25) is 4.79 Å². The fraction of sp³-hybridized carbons (Fsp3) is 0.100. The van der Waals surface area contributed by atoms with Gasteiger partial charge in [0.1, 0.15) is 0 Å². The Balaban J connectivity index is 3.23. The molecule has 0 spiro atoms. The van der Waals surface area contributed by atoms with Crippen LogP contribution in [0.1, 0.15) is 20.7 Å². The van der Waals surface area contributed by atoms with Crippen molar-refractivity contribution in [1.82, 2.24) is 0 Å². The van der Waals surface area contributed by atoms with Gasteiger partial charge in [-0.2, -0.15) is 0 Å². The monoisotopic (exact) mass is 223 g/mol. The van der Waals surface area contributed by atoms with Gasteiger partial charge >= 0.3 is 11.9 Å². The number of carbonyl (C=O) groups excluding carboxylic acids is 2. The van der Waals surface area contributed by atoms with E-state index in [1.54, 1.807) is 0 Å². The van der Waals surface area contributed by atoms with Gasteiger partial charge in [0.25, 0.3) is 0 Å². The summed E-state index contributed by atoms with van der Waals surface area (Å²) in [5.41, 5.74) is 0.165. The second kappa shape index (κ2) is 4.92. The smallest absolute Gasteiger partial charge is 0.339 e. The van der Waals surface area contributed by atoms with Crippen molar-refractivity contribution in [3.8, 4) is 0 Å². The lowest BCUT2D eigenvalue weighted by atomic mass is 10.1. The molecular weight excluding hydrogens is 214 g/mol. The molecule has 1 rings (SSSR count). The van der Waals surface area contributed by atoms with Gasteiger partial charge in [-0.15, -0.1) is 0 Å². The molecule has 16 heavy (non-hydrogen) atoms. The molecule has 84 valence electrons. The zero-order chi connectivity index (χ0) is 12.1. The molecule has 0 aliphatic carbocycles. The summed E-state index contributed by atoms with van der Waals surface area (Å²) in [7, 11) is 1.19. The number of methoxy groups -OCH3 is 1. The Morgan fingerprint density at radius 2 is 2.12 bits per heavy atom. The number of aromatic carboxylic acids is 1. The van der Waals surface area contributed by atoms with E-state index < -0.39 is 11.9 Å². The summed E-state index contributed by atoms with van der Waals surface area (Å²) in [6, 6.07) is 3.72. The lowest BCUT2D eigenvalue weighted by Crippen LogP contribution is -2.09. The van der Waals surface area contributed by atoms with E-state index in [1.807, 2.05) is 0 Å². The minimum Gasteiger partial charge on any atom is -0.478 e. The first-order valence-electron chi connectivity index (χ1n) is 4.26. The van der Waals surface area contributed by atoms with E-state index in [9.17, 15) is 14.4 Å². The Hall–Kier alpha value is -2.37. The van der Waals surface area contributed by atoms with E-state index >= 15 is 0 Å². The molecule has 0 bridgehead atoms. The molecule has 6 nitrogen and oxygen atoms in total. The van der Waals surface area contributed by atoms with E-state index in [0.29, 0.717) is 6.41 Å². The van der Waals surface area contributed by atoms with Crippen molar-refractivity contribution in [2.45, 2.75) is 0 Å². The van der Waals surface area contributed by atoms with Crippen LogP contribution in [0.2, 0.25) is 0 Å². The average Bonchev–Trinajstić information content (AvgIpc) is 2.28. The van der Waals surface area contributed by atoms with Crippen molar-refractivity contribution < 1.29 is 24.2 Å². The molecular formula is C10H9NO5. The summed E-state index contributed by atoms with van der Waals surface area (Å²) in [6.07, 6.45) is 0.355. The second-order valence-electron chi connectivity index (χ2n) is 2.82. The van der Waals surface area contributed by atoms with Crippen LogP contribution < -0.4 is 5.32 Å². The third-order valence-electron chi connectivity index (χ3n) is 1.89. The molecule has 0 heterocycles. The van der Waals surface area contributed by atoms with E-state index in [2.05, 4.69) is 10.1 Å². The van der Waals surface area contributed by atoms with Gasteiger partial charge in [0.15, 0.2) is 0 Å². The molecule has 0 atom stereocenters. The summed E-state index contributed by atoms with van der Waals surface area (Å²) in [5.74, 6) is -1.80. The van der Waals surface area contributed by atoms with E-state index in [1.165, 1.54) is 25.3 Å². The summed E-state index contributed by atoms with van der Waals surface area (Å²) >= 11 is 0. The third-order valence-corrected chi connectivity index (χ3v) is 1.89. The van der Waals surface area contributed by atoms with Gasteiger partial charge in [-0.25, -0.2) is 9.59 Å². The first-order chi connectivity index (χ1) is 7.60. The van der Waals surface area contributed by atoms with Crippen LogP contribution in [0.4, 0.5) is 5.69 Å². The van der Waals surface area contributed by atoms with Crippen LogP contribution in [-0.4, -0.2) is 30.6 Å². The summed E-state index contributed by atoms with van der Waals surface area (Å²) in [5, 5.41) is 11.0. The molecule has 0 saturated heterocycles. The van der Waals surface area contributed by atoms with Crippen LogP contribution in [0.3, 0.4) is 0 Å². The Labute approximate surface area is 90.8 Å². The standard InChI is InChI=1S/C10H9NO5/c1-16-10(15)7-3-2-6(9(13)14)4-8(7)11-5-12/h2-5H,1H3,(H,11,12)(H,13,14). The molecule has 0 aromatic heterocycles. The number of carboxylic acid groups (broad SMARTS) is 1. The lowest BCUT2D eigenvalue weighted by molar-refractivity contribution is -0.105. The maximum absolute atomic E-state index is 11.3. The number of rotatable bonds is 4. The molecule has 1 aromatic carbocycles. The highest BCUT2D eigenvalue weighted by Gasteiger charge is 2.14. The van der Waals surface area contributed by atoms with Crippen LogP contribution in [0.15, 0.2) is 18.2 Å². The summed E-state index contributed by atoms with van der Waals surface area (Å²) in [6.45, 7) is 0. The number of carbonyl (C=O) groups is 3. The molecule has 1 amide bonds. The maximum atomic E-state index is 11.3. The van der Waals surface area contributed by atoms with Crippen molar-refractivity contribution in [2.24, 2.45) is 0 Å². The number of esters is 1. The van der Waals surface area contributed by atoms with Gasteiger partial charge in [-0.1, -0.05) is 0 Å². The zero-order valence-electron chi connectivity index (χ0n) is 8.39. The van der Waals surface area contributed by atoms with Crippen LogP contribution in [0.25, 0.3) is 0 Å². The Kier molecular flexibility index (Phi) is 3.60. The average molecular weight is 223 g/mol. The van der Waals surface area contributed by atoms with Gasteiger partial charge in [0, 0.05) is 0 Å². The van der Waals surface area contributed by atoms with Crippen molar-refractivity contribution in [3.63, 3.8) is 0 Å². The van der Waals surface area contributed by atoms with Gasteiger partial charge < -0.3 is 15.2 Å². The van der Waals surface area contributed by atoms with Crippen LogP contribution in [0, 0.1) is 0 Å². The topological polar surface area (TPSA) is 92.7 Å². The number of benzene rings is 1. The molecule has 0 radical (unpaired) electrons. The third kappa shape index (κ3) is 2.35. The molecule has 0 fully saturated rings. The second-order valence-corrected chi connectivity index (χ2v) is 2.82. The number of carboxylic acids is 1. The molecule has 6 heteroatoms. The number of hydrogen-bond acceptors (Lipinski definition) is 4. The highest BCUT2D eigenvalue weighted by Crippen LogP contribution is 2.18. The van der Waals surface area contributed by atoms with Crippen LogP contribution >= 0.6 is 0 Å². The fourth-order valence-corrected chi connectivity index (χ4v) is 1.15. The van der Waals surface area contributed by atoms with Crippen molar-refractivity contribution in [1.29, 1.82) is 0 Å². The maximum Gasteiger partial charge on any atom is 0.339 e. The van der Waals surface area contributed by atoms with Crippen molar-refractivity contribution in [2.75, 3.05) is 12.4 Å². The van der Waals surface area contributed by atoms with Gasteiger partial charge in [-0.05, 0) is 18.2 Å². The van der Waals surface area contributed by atoms with Crippen molar-refractivity contribution in [3.05, 3.63) is 29.3 Å². The minimum absolute atomic E-state index is 0.0306. The number of amides is 1. The van der Waals surface area contributed by atoms with E-state index in [4.69, 9.17) is 5.11 Å². The molecule has 0 saturated carbocycles. The first kappa shape index (κ1) is 11.7. The predicted molar refractivity (Wildman–Crippen MR) is 54.4 cm³/mol. The van der Waals surface area contributed by atoms with Crippen molar-refractivity contribution >= 4 is 24.0 Å². The normalized spacial score (nSPS) is 9.31. The molecule has 0 aliphatic heterocycles. The highest BCUT2D eigenvalue weighted by molar-refractivity contribution is 6.00. The minimum atomic E-state index is -1.15. The molecule has 1 aromatic rings. The summed E-state index contributed by atoms with van der Waals surface area (Å²) < 4.78 is 4.48. The van der Waals surface area contributed by atoms with Crippen LogP contribution in [0.5, 0.6) is 0 Å². The van der Waals surface area contributed by atoms with Crippen LogP contribution in [-0.2, 0) is 9.53 Å². The quantitative estimate of drug-likeness (QED) is 0.580. The number of ether oxygens (including phenoxy) is 1. The molecule has 0 unspecified atom stereocenters. The molecule has 0 aliphatic rings.